The van der Waals surface area contributed by atoms with Crippen molar-refractivity contribution in [3.63, 3.8) is 0 Å². The second-order valence-corrected chi connectivity index (χ2v) is 17.0. The number of benzene rings is 11. The van der Waals surface area contributed by atoms with E-state index in [1.165, 1.54) is 55.6 Å². The molecule has 322 valence electrons. The van der Waals surface area contributed by atoms with Gasteiger partial charge in [0.2, 0.25) is 0 Å². The van der Waals surface area contributed by atoms with Crippen molar-refractivity contribution >= 4 is 34.1 Å². The molecule has 0 fully saturated rings. The average molecular weight is 869 g/mol. The molecule has 0 spiro atoms. The van der Waals surface area contributed by atoms with Crippen LogP contribution in [0, 0.1) is 0 Å². The predicted octanol–water partition coefficient (Wildman–Crippen LogP) is 18.6. The minimum absolute atomic E-state index is 1.08. The smallest absolute Gasteiger partial charge is 0.0468 e. The van der Waals surface area contributed by atoms with E-state index in [1.807, 2.05) is 0 Å². The molecule has 0 radical (unpaired) electrons. The first-order chi connectivity index (χ1) is 33.7. The maximum Gasteiger partial charge on any atom is 0.0468 e. The molecule has 0 amide bonds. The summed E-state index contributed by atoms with van der Waals surface area (Å²) in [6.45, 7) is 0. The molecule has 0 heterocycles. The summed E-state index contributed by atoms with van der Waals surface area (Å²) >= 11 is 0. The SMILES string of the molecule is c1ccc(-c2ccc(N(c3ccc(-c4ccc(N(c5ccccc5)c5ccc(-c6cccc(-c7ccccc7)c6)cc5)cc4)cc3)c3ccc(-c4ccccc4)c(-c4ccccc4)c3)cc2)cc1. The second kappa shape index (κ2) is 19.2. The molecule has 0 saturated carbocycles. The highest BCUT2D eigenvalue weighted by Crippen LogP contribution is 2.42. The van der Waals surface area contributed by atoms with E-state index in [0.29, 0.717) is 0 Å². The largest absolute Gasteiger partial charge is 0.311 e. The van der Waals surface area contributed by atoms with Crippen LogP contribution in [0.1, 0.15) is 0 Å². The van der Waals surface area contributed by atoms with Crippen molar-refractivity contribution in [3.05, 3.63) is 291 Å². The maximum absolute atomic E-state index is 2.37. The summed E-state index contributed by atoms with van der Waals surface area (Å²) < 4.78 is 0. The fraction of sp³-hybridized carbons (Fsp3) is 0. The van der Waals surface area contributed by atoms with Crippen LogP contribution in [0.3, 0.4) is 0 Å². The van der Waals surface area contributed by atoms with Crippen molar-refractivity contribution in [1.29, 1.82) is 0 Å². The number of para-hydroxylation sites is 1. The molecule has 0 saturated heterocycles. The first-order valence-corrected chi connectivity index (χ1v) is 23.2. The molecular formula is C66H48N2. The summed E-state index contributed by atoms with van der Waals surface area (Å²) in [6.07, 6.45) is 0. The Hall–Kier alpha value is -8.98. The van der Waals surface area contributed by atoms with Crippen molar-refractivity contribution in [2.24, 2.45) is 0 Å². The zero-order valence-electron chi connectivity index (χ0n) is 37.6. The molecule has 2 heteroatoms. The van der Waals surface area contributed by atoms with Gasteiger partial charge in [-0.15, -0.1) is 0 Å². The van der Waals surface area contributed by atoms with Crippen molar-refractivity contribution in [2.45, 2.75) is 0 Å². The highest BCUT2D eigenvalue weighted by molar-refractivity contribution is 5.90. The summed E-state index contributed by atoms with van der Waals surface area (Å²) in [5, 5.41) is 0. The molecule has 11 aromatic rings. The van der Waals surface area contributed by atoms with Crippen LogP contribution in [0.15, 0.2) is 291 Å². The number of hydrogen-bond acceptors (Lipinski definition) is 2. The average Bonchev–Trinajstić information content (AvgIpc) is 3.43. The van der Waals surface area contributed by atoms with E-state index in [0.717, 1.165) is 45.3 Å². The summed E-state index contributed by atoms with van der Waals surface area (Å²) in [7, 11) is 0. The van der Waals surface area contributed by atoms with Crippen molar-refractivity contribution in [1.82, 2.24) is 0 Å². The van der Waals surface area contributed by atoms with Crippen LogP contribution < -0.4 is 9.80 Å². The van der Waals surface area contributed by atoms with Gasteiger partial charge in [-0.1, -0.05) is 212 Å². The van der Waals surface area contributed by atoms with Gasteiger partial charge in [0.15, 0.2) is 0 Å². The van der Waals surface area contributed by atoms with Gasteiger partial charge in [0.05, 0.1) is 0 Å². The Morgan fingerprint density at radius 1 is 0.147 bits per heavy atom. The number of rotatable bonds is 12. The quantitative estimate of drug-likeness (QED) is 0.121. The Kier molecular flexibility index (Phi) is 11.8. The Labute approximate surface area is 400 Å². The number of hydrogen-bond donors (Lipinski definition) is 0. The Balaban J connectivity index is 0.917. The summed E-state index contributed by atoms with van der Waals surface area (Å²) in [5.74, 6) is 0. The van der Waals surface area contributed by atoms with E-state index in [4.69, 9.17) is 0 Å². The van der Waals surface area contributed by atoms with Crippen LogP contribution in [0.25, 0.3) is 66.8 Å². The molecule has 0 unspecified atom stereocenters. The third kappa shape index (κ3) is 8.87. The van der Waals surface area contributed by atoms with Crippen molar-refractivity contribution in [3.8, 4) is 66.8 Å². The van der Waals surface area contributed by atoms with E-state index < -0.39 is 0 Å². The fourth-order valence-corrected chi connectivity index (χ4v) is 9.22. The van der Waals surface area contributed by atoms with Gasteiger partial charge in [0.1, 0.15) is 0 Å². The predicted molar refractivity (Wildman–Crippen MR) is 288 cm³/mol. The van der Waals surface area contributed by atoms with Gasteiger partial charge < -0.3 is 9.80 Å². The zero-order chi connectivity index (χ0) is 45.5. The molecule has 2 nitrogen and oxygen atoms in total. The third-order valence-electron chi connectivity index (χ3n) is 12.7. The lowest BCUT2D eigenvalue weighted by Gasteiger charge is -2.27. The zero-order valence-corrected chi connectivity index (χ0v) is 37.6. The molecule has 0 aliphatic heterocycles. The molecular weight excluding hydrogens is 821 g/mol. The molecule has 11 rings (SSSR count). The monoisotopic (exact) mass is 868 g/mol. The van der Waals surface area contributed by atoms with Gasteiger partial charge in [0.25, 0.3) is 0 Å². The van der Waals surface area contributed by atoms with E-state index in [-0.39, 0.29) is 0 Å². The first kappa shape index (κ1) is 41.7. The van der Waals surface area contributed by atoms with Gasteiger partial charge in [-0.25, -0.2) is 0 Å². The number of anilines is 6. The Morgan fingerprint density at radius 3 is 0.824 bits per heavy atom. The first-order valence-electron chi connectivity index (χ1n) is 23.2. The van der Waals surface area contributed by atoms with Gasteiger partial charge in [-0.2, -0.15) is 0 Å². The second-order valence-electron chi connectivity index (χ2n) is 17.0. The fourth-order valence-electron chi connectivity index (χ4n) is 9.22. The van der Waals surface area contributed by atoms with Crippen molar-refractivity contribution < 1.29 is 0 Å². The van der Waals surface area contributed by atoms with Crippen molar-refractivity contribution in [2.75, 3.05) is 9.80 Å². The molecule has 0 bridgehead atoms. The lowest BCUT2D eigenvalue weighted by atomic mass is 9.93. The van der Waals surface area contributed by atoms with Crippen LogP contribution in [-0.4, -0.2) is 0 Å². The highest BCUT2D eigenvalue weighted by atomic mass is 15.1. The minimum Gasteiger partial charge on any atom is -0.311 e. The van der Waals surface area contributed by atoms with E-state index in [1.54, 1.807) is 0 Å². The van der Waals surface area contributed by atoms with Crippen LogP contribution in [0.2, 0.25) is 0 Å². The minimum atomic E-state index is 1.08. The number of nitrogens with zero attached hydrogens (tertiary/aromatic N) is 2. The standard InChI is InChI=1S/C66H48N2/c1-6-17-49(18-7-1)51-29-39-62(40-30-51)68(64-45-46-65(55-21-10-3-11-22-55)66(48-64)56-23-12-4-13-24-56)63-41-33-53(34-42-63)52-31-37-60(38-32-52)67(59-27-14-5-15-28-59)61-43-35-54(36-44-61)58-26-16-25-57(47-58)50-19-8-2-9-20-50/h1-48H. The molecule has 0 aliphatic rings. The summed E-state index contributed by atoms with van der Waals surface area (Å²) in [4.78, 5) is 4.69. The van der Waals surface area contributed by atoms with Gasteiger partial charge in [0, 0.05) is 34.1 Å². The van der Waals surface area contributed by atoms with Crippen LogP contribution in [0.5, 0.6) is 0 Å². The highest BCUT2D eigenvalue weighted by Gasteiger charge is 2.18. The van der Waals surface area contributed by atoms with E-state index in [2.05, 4.69) is 301 Å². The molecule has 0 atom stereocenters. The summed E-state index contributed by atoms with van der Waals surface area (Å²) in [5.41, 5.74) is 20.8. The van der Waals surface area contributed by atoms with Crippen LogP contribution >= 0.6 is 0 Å². The molecule has 0 N–H and O–H groups in total. The molecule has 11 aromatic carbocycles. The van der Waals surface area contributed by atoms with E-state index >= 15 is 0 Å². The lowest BCUT2D eigenvalue weighted by Crippen LogP contribution is -2.10. The Morgan fingerprint density at radius 2 is 0.412 bits per heavy atom. The summed E-state index contributed by atoms with van der Waals surface area (Å²) in [6, 6.07) is 105. The van der Waals surface area contributed by atoms with Gasteiger partial charge in [-0.05, 0) is 146 Å². The van der Waals surface area contributed by atoms with Crippen LogP contribution in [-0.2, 0) is 0 Å². The van der Waals surface area contributed by atoms with Gasteiger partial charge >= 0.3 is 0 Å². The molecule has 0 aromatic heterocycles. The normalized spacial score (nSPS) is 10.9. The third-order valence-corrected chi connectivity index (χ3v) is 12.7. The topological polar surface area (TPSA) is 6.48 Å². The lowest BCUT2D eigenvalue weighted by molar-refractivity contribution is 1.28. The molecule has 68 heavy (non-hydrogen) atoms. The van der Waals surface area contributed by atoms with Gasteiger partial charge in [-0.3, -0.25) is 0 Å². The van der Waals surface area contributed by atoms with E-state index in [9.17, 15) is 0 Å². The molecule has 0 aliphatic carbocycles. The Bertz CT molecular complexity index is 3370. The maximum atomic E-state index is 2.37. The van der Waals surface area contributed by atoms with Crippen LogP contribution in [0.4, 0.5) is 34.1 Å².